The molecule has 0 atom stereocenters. The lowest BCUT2D eigenvalue weighted by atomic mass is 9.97. The molecule has 0 radical (unpaired) electrons. The van der Waals surface area contributed by atoms with Gasteiger partial charge in [-0.05, 0) is 11.5 Å². The van der Waals surface area contributed by atoms with Crippen LogP contribution in [0.1, 0.15) is 31.1 Å². The first-order chi connectivity index (χ1) is 7.83. The Bertz CT molecular complexity index is 411. The number of carbonyl (C=O) groups is 1. The molecule has 0 saturated heterocycles. The predicted octanol–water partition coefficient (Wildman–Crippen LogP) is 1.91. The maximum atomic E-state index is 11.6. The highest BCUT2D eigenvalue weighted by Gasteiger charge is 2.16. The Morgan fingerprint density at radius 1 is 1.53 bits per heavy atom. The molecule has 0 aromatic carbocycles. The smallest absolute Gasteiger partial charge is 0.341 e. The number of ether oxygens (including phenoxy) is 1. The van der Waals surface area contributed by atoms with Gasteiger partial charge in [0.2, 0.25) is 0 Å². The van der Waals surface area contributed by atoms with Crippen molar-refractivity contribution in [2.45, 2.75) is 20.8 Å². The normalized spacial score (nSPS) is 11.1. The number of aromatic nitrogens is 1. The Labute approximate surface area is 101 Å². The molecule has 0 amide bonds. The third kappa shape index (κ3) is 3.94. The van der Waals surface area contributed by atoms with E-state index in [1.165, 1.54) is 13.3 Å². The Hall–Kier alpha value is -1.78. The highest BCUT2D eigenvalue weighted by atomic mass is 16.5. The molecule has 0 unspecified atom stereocenters. The van der Waals surface area contributed by atoms with E-state index >= 15 is 0 Å². The highest BCUT2D eigenvalue weighted by molar-refractivity contribution is 5.95. The van der Waals surface area contributed by atoms with Crippen molar-refractivity contribution in [3.8, 4) is 0 Å². The molecule has 0 fully saturated rings. The van der Waals surface area contributed by atoms with Crippen molar-refractivity contribution in [2.75, 3.05) is 24.7 Å². The second-order valence-corrected chi connectivity index (χ2v) is 5.07. The molecule has 17 heavy (non-hydrogen) atoms. The molecule has 1 aromatic heterocycles. The number of nitrogens with zero attached hydrogens (tertiary/aromatic N) is 1. The minimum absolute atomic E-state index is 0.0937. The number of carbonyl (C=O) groups excluding carboxylic acids is 1. The van der Waals surface area contributed by atoms with Gasteiger partial charge >= 0.3 is 5.97 Å². The SMILES string of the molecule is COC(=O)c1cc(N)cnc1NCC(C)(C)C. The van der Waals surface area contributed by atoms with Gasteiger partial charge in [-0.25, -0.2) is 9.78 Å². The van der Waals surface area contributed by atoms with Crippen molar-refractivity contribution >= 4 is 17.5 Å². The summed E-state index contributed by atoms with van der Waals surface area (Å²) in [6, 6.07) is 1.56. The highest BCUT2D eigenvalue weighted by Crippen LogP contribution is 2.19. The Balaban J connectivity index is 2.94. The fourth-order valence-electron chi connectivity index (χ4n) is 1.24. The molecule has 0 spiro atoms. The van der Waals surface area contributed by atoms with E-state index in [1.807, 2.05) is 0 Å². The van der Waals surface area contributed by atoms with E-state index in [4.69, 9.17) is 5.73 Å². The standard InChI is InChI=1S/C12H19N3O2/c1-12(2,3)7-15-10-9(11(16)17-4)5-8(13)6-14-10/h5-6H,7,13H2,1-4H3,(H,14,15). The molecule has 0 saturated carbocycles. The van der Waals surface area contributed by atoms with Crippen LogP contribution in [0.2, 0.25) is 0 Å². The van der Waals surface area contributed by atoms with Gasteiger partial charge in [0.05, 0.1) is 19.0 Å². The molecule has 1 heterocycles. The number of rotatable bonds is 3. The summed E-state index contributed by atoms with van der Waals surface area (Å²) >= 11 is 0. The van der Waals surface area contributed by atoms with E-state index in [-0.39, 0.29) is 5.41 Å². The number of anilines is 2. The molecule has 3 N–H and O–H groups in total. The summed E-state index contributed by atoms with van der Waals surface area (Å²) in [7, 11) is 1.33. The van der Waals surface area contributed by atoms with E-state index in [9.17, 15) is 4.79 Å². The van der Waals surface area contributed by atoms with E-state index in [1.54, 1.807) is 6.07 Å². The number of hydrogen-bond acceptors (Lipinski definition) is 5. The van der Waals surface area contributed by atoms with Gasteiger partial charge in [-0.1, -0.05) is 20.8 Å². The van der Waals surface area contributed by atoms with Crippen LogP contribution < -0.4 is 11.1 Å². The van der Waals surface area contributed by atoms with Gasteiger partial charge in [0.15, 0.2) is 0 Å². The molecule has 1 aromatic rings. The molecule has 94 valence electrons. The average Bonchev–Trinajstić information content (AvgIpc) is 2.25. The van der Waals surface area contributed by atoms with E-state index in [0.717, 1.165) is 0 Å². The van der Waals surface area contributed by atoms with Gasteiger partial charge in [0.25, 0.3) is 0 Å². The molecular weight excluding hydrogens is 218 g/mol. The largest absolute Gasteiger partial charge is 0.465 e. The number of methoxy groups -OCH3 is 1. The van der Waals surface area contributed by atoms with Gasteiger partial charge < -0.3 is 15.8 Å². The Kier molecular flexibility index (Phi) is 3.93. The second kappa shape index (κ2) is 5.03. The van der Waals surface area contributed by atoms with Crippen molar-refractivity contribution in [3.05, 3.63) is 17.8 Å². The number of nitrogen functional groups attached to an aromatic ring is 1. The summed E-state index contributed by atoms with van der Waals surface area (Å²) in [4.78, 5) is 15.7. The molecular formula is C12H19N3O2. The summed E-state index contributed by atoms with van der Waals surface area (Å²) in [5.74, 6) is 0.0576. The zero-order chi connectivity index (χ0) is 13.1. The van der Waals surface area contributed by atoms with Crippen molar-refractivity contribution in [1.82, 2.24) is 4.98 Å². The van der Waals surface area contributed by atoms with Crippen LogP contribution in [0.4, 0.5) is 11.5 Å². The third-order valence-electron chi connectivity index (χ3n) is 2.10. The topological polar surface area (TPSA) is 77.2 Å². The summed E-state index contributed by atoms with van der Waals surface area (Å²) in [5, 5.41) is 3.13. The third-order valence-corrected chi connectivity index (χ3v) is 2.10. The molecule has 0 aliphatic rings. The van der Waals surface area contributed by atoms with Crippen LogP contribution in [-0.4, -0.2) is 24.6 Å². The maximum Gasteiger partial charge on any atom is 0.341 e. The fourth-order valence-corrected chi connectivity index (χ4v) is 1.24. The zero-order valence-corrected chi connectivity index (χ0v) is 10.7. The van der Waals surface area contributed by atoms with Crippen LogP contribution in [0.3, 0.4) is 0 Å². The lowest BCUT2D eigenvalue weighted by molar-refractivity contribution is 0.0601. The number of nitrogens with one attached hydrogen (secondary N) is 1. The minimum atomic E-state index is -0.443. The number of esters is 1. The monoisotopic (exact) mass is 237 g/mol. The van der Waals surface area contributed by atoms with Crippen LogP contribution >= 0.6 is 0 Å². The number of pyridine rings is 1. The first-order valence-corrected chi connectivity index (χ1v) is 5.41. The van der Waals surface area contributed by atoms with Crippen LogP contribution in [0.15, 0.2) is 12.3 Å². The van der Waals surface area contributed by atoms with Crippen LogP contribution in [0, 0.1) is 5.41 Å². The summed E-state index contributed by atoms with van der Waals surface area (Å²) in [6.45, 7) is 6.98. The molecule has 0 bridgehead atoms. The van der Waals surface area contributed by atoms with Gasteiger partial charge in [0, 0.05) is 6.54 Å². The van der Waals surface area contributed by atoms with Crippen molar-refractivity contribution < 1.29 is 9.53 Å². The van der Waals surface area contributed by atoms with Crippen molar-refractivity contribution in [1.29, 1.82) is 0 Å². The van der Waals surface area contributed by atoms with Gasteiger partial charge in [-0.2, -0.15) is 0 Å². The lowest BCUT2D eigenvalue weighted by Gasteiger charge is -2.20. The molecule has 0 aliphatic heterocycles. The number of hydrogen-bond donors (Lipinski definition) is 2. The predicted molar refractivity (Wildman–Crippen MR) is 67.9 cm³/mol. The number of nitrogens with two attached hydrogens (primary N) is 1. The van der Waals surface area contributed by atoms with Gasteiger partial charge in [0.1, 0.15) is 11.4 Å². The van der Waals surface area contributed by atoms with Crippen LogP contribution in [0.25, 0.3) is 0 Å². The molecule has 1 rings (SSSR count). The fraction of sp³-hybridized carbons (Fsp3) is 0.500. The first kappa shape index (κ1) is 13.3. The van der Waals surface area contributed by atoms with Crippen LogP contribution in [-0.2, 0) is 4.74 Å². The van der Waals surface area contributed by atoms with Crippen molar-refractivity contribution in [2.24, 2.45) is 5.41 Å². The molecule has 5 heteroatoms. The summed E-state index contributed by atoms with van der Waals surface area (Å²) in [6.07, 6.45) is 1.51. The van der Waals surface area contributed by atoms with Gasteiger partial charge in [-0.15, -0.1) is 0 Å². The average molecular weight is 237 g/mol. The first-order valence-electron chi connectivity index (χ1n) is 5.41. The zero-order valence-electron chi connectivity index (χ0n) is 10.7. The van der Waals surface area contributed by atoms with Gasteiger partial charge in [-0.3, -0.25) is 0 Å². The molecule has 5 nitrogen and oxygen atoms in total. The second-order valence-electron chi connectivity index (χ2n) is 5.07. The maximum absolute atomic E-state index is 11.6. The quantitative estimate of drug-likeness (QED) is 0.785. The van der Waals surface area contributed by atoms with Crippen LogP contribution in [0.5, 0.6) is 0 Å². The van der Waals surface area contributed by atoms with E-state index in [0.29, 0.717) is 23.6 Å². The van der Waals surface area contributed by atoms with Crippen molar-refractivity contribution in [3.63, 3.8) is 0 Å². The Morgan fingerprint density at radius 3 is 2.71 bits per heavy atom. The van der Waals surface area contributed by atoms with E-state index < -0.39 is 5.97 Å². The molecule has 0 aliphatic carbocycles. The van der Waals surface area contributed by atoms with E-state index in [2.05, 4.69) is 35.8 Å². The lowest BCUT2D eigenvalue weighted by Crippen LogP contribution is -2.21. The summed E-state index contributed by atoms with van der Waals surface area (Å²) in [5.41, 5.74) is 6.49. The minimum Gasteiger partial charge on any atom is -0.465 e. The summed E-state index contributed by atoms with van der Waals surface area (Å²) < 4.78 is 4.69. The Morgan fingerprint density at radius 2 is 2.18 bits per heavy atom.